The van der Waals surface area contributed by atoms with Crippen LogP contribution in [0.25, 0.3) is 0 Å². The lowest BCUT2D eigenvalue weighted by Gasteiger charge is -2.27. The fourth-order valence-corrected chi connectivity index (χ4v) is 4.55. The van der Waals surface area contributed by atoms with Crippen molar-refractivity contribution in [3.63, 3.8) is 0 Å². The van der Waals surface area contributed by atoms with E-state index in [1.807, 2.05) is 0 Å². The second kappa shape index (κ2) is 9.65. The molecule has 1 aliphatic rings. The molecule has 10 nitrogen and oxygen atoms in total. The summed E-state index contributed by atoms with van der Waals surface area (Å²) in [6.07, 6.45) is 0.165. The van der Waals surface area contributed by atoms with Crippen molar-refractivity contribution in [2.24, 2.45) is 0 Å². The molecule has 33 heavy (non-hydrogen) atoms. The summed E-state index contributed by atoms with van der Waals surface area (Å²) in [5, 5.41) is 11.8. The maximum Gasteiger partial charge on any atom is 0.410 e. The molecule has 0 aliphatic carbocycles. The van der Waals surface area contributed by atoms with E-state index in [9.17, 15) is 23.3 Å². The van der Waals surface area contributed by atoms with Crippen LogP contribution in [0, 0.1) is 10.1 Å². The summed E-state index contributed by atoms with van der Waals surface area (Å²) in [6, 6.07) is 12.2. The summed E-state index contributed by atoms with van der Waals surface area (Å²) in [7, 11) is -4.00. The van der Waals surface area contributed by atoms with Crippen LogP contribution in [0.5, 0.6) is 0 Å². The smallest absolute Gasteiger partial charge is 0.410 e. The molecule has 2 aromatic carbocycles. The Bertz CT molecular complexity index is 1120. The normalized spacial score (nSPS) is 15.0. The average molecular weight is 477 g/mol. The first-order valence-electron chi connectivity index (χ1n) is 10.6. The Labute approximate surface area is 193 Å². The Balaban J connectivity index is 1.81. The van der Waals surface area contributed by atoms with Crippen molar-refractivity contribution in [1.82, 2.24) is 4.90 Å². The predicted octanol–water partition coefficient (Wildman–Crippen LogP) is 3.84. The molecular weight excluding hydrogens is 448 g/mol. The Kier molecular flexibility index (Phi) is 7.11. The number of nitro groups is 1. The molecule has 1 heterocycles. The van der Waals surface area contributed by atoms with Crippen LogP contribution in [0.4, 0.5) is 21.9 Å². The predicted molar refractivity (Wildman–Crippen MR) is 125 cm³/mol. The Morgan fingerprint density at radius 2 is 1.76 bits per heavy atom. The lowest BCUT2D eigenvalue weighted by atomic mass is 10.2. The highest BCUT2D eigenvalue weighted by atomic mass is 32.2. The van der Waals surface area contributed by atoms with Crippen molar-refractivity contribution in [2.45, 2.75) is 37.7 Å². The van der Waals surface area contributed by atoms with Crippen LogP contribution < -0.4 is 9.62 Å². The average Bonchev–Trinajstić information content (AvgIpc) is 2.99. The first-order valence-corrected chi connectivity index (χ1v) is 12.0. The Morgan fingerprint density at radius 3 is 2.39 bits per heavy atom. The molecule has 0 spiro atoms. The lowest BCUT2D eigenvalue weighted by Crippen LogP contribution is -2.39. The standard InChI is InChI=1S/C22H28N4O6S/c1-22(2,3)32-21(27)25-13-7-12-24(14-15-25)19-11-10-18(16-20(19)26(28)29)33(30,31)23-17-8-5-4-6-9-17/h4-6,8-11,16,23H,7,12-15H2,1-3H3. The molecule has 0 saturated carbocycles. The van der Waals surface area contributed by atoms with Gasteiger partial charge >= 0.3 is 6.09 Å². The highest BCUT2D eigenvalue weighted by Crippen LogP contribution is 2.32. The lowest BCUT2D eigenvalue weighted by molar-refractivity contribution is -0.384. The van der Waals surface area contributed by atoms with E-state index in [0.29, 0.717) is 44.0 Å². The number of benzene rings is 2. The van der Waals surface area contributed by atoms with Gasteiger partial charge in [0, 0.05) is 37.9 Å². The second-order valence-electron chi connectivity index (χ2n) is 8.69. The van der Waals surface area contributed by atoms with E-state index in [4.69, 9.17) is 4.74 Å². The van der Waals surface area contributed by atoms with E-state index in [2.05, 4.69) is 4.72 Å². The molecule has 1 saturated heterocycles. The van der Waals surface area contributed by atoms with Gasteiger partial charge in [-0.15, -0.1) is 0 Å². The number of nitro benzene ring substituents is 1. The Morgan fingerprint density at radius 1 is 1.06 bits per heavy atom. The van der Waals surface area contributed by atoms with Crippen LogP contribution in [-0.4, -0.2) is 56.1 Å². The molecule has 1 fully saturated rings. The van der Waals surface area contributed by atoms with E-state index in [1.165, 1.54) is 12.1 Å². The van der Waals surface area contributed by atoms with Gasteiger partial charge in [-0.2, -0.15) is 0 Å². The van der Waals surface area contributed by atoms with E-state index in [1.54, 1.807) is 60.9 Å². The molecule has 0 aromatic heterocycles. The highest BCUT2D eigenvalue weighted by molar-refractivity contribution is 7.92. The number of rotatable bonds is 5. The summed E-state index contributed by atoms with van der Waals surface area (Å²) in [5.41, 5.74) is -0.253. The summed E-state index contributed by atoms with van der Waals surface area (Å²) in [4.78, 5) is 26.8. The van der Waals surface area contributed by atoms with Gasteiger partial charge in [0.1, 0.15) is 11.3 Å². The number of hydrogen-bond donors (Lipinski definition) is 1. The monoisotopic (exact) mass is 476 g/mol. The maximum atomic E-state index is 12.7. The number of carbonyl (C=O) groups excluding carboxylic acids is 1. The van der Waals surface area contributed by atoms with Crippen molar-refractivity contribution in [2.75, 3.05) is 35.8 Å². The van der Waals surface area contributed by atoms with Crippen LogP contribution in [0.3, 0.4) is 0 Å². The summed E-state index contributed by atoms with van der Waals surface area (Å²) >= 11 is 0. The number of amides is 1. The minimum Gasteiger partial charge on any atom is -0.444 e. The van der Waals surface area contributed by atoms with Gasteiger partial charge in [0.05, 0.1) is 9.82 Å². The largest absolute Gasteiger partial charge is 0.444 e. The zero-order valence-electron chi connectivity index (χ0n) is 18.9. The zero-order valence-corrected chi connectivity index (χ0v) is 19.7. The molecule has 178 valence electrons. The van der Waals surface area contributed by atoms with E-state index in [-0.39, 0.29) is 10.6 Å². The van der Waals surface area contributed by atoms with Gasteiger partial charge in [0.2, 0.25) is 0 Å². The number of nitrogens with one attached hydrogen (secondary N) is 1. The van der Waals surface area contributed by atoms with Crippen LogP contribution in [0.15, 0.2) is 53.4 Å². The molecule has 0 unspecified atom stereocenters. The molecule has 11 heteroatoms. The third-order valence-corrected chi connectivity index (χ3v) is 6.35. The van der Waals surface area contributed by atoms with Gasteiger partial charge < -0.3 is 14.5 Å². The van der Waals surface area contributed by atoms with Gasteiger partial charge in [-0.25, -0.2) is 13.2 Å². The van der Waals surface area contributed by atoms with Crippen LogP contribution in [0.2, 0.25) is 0 Å². The van der Waals surface area contributed by atoms with Gasteiger partial charge in [-0.1, -0.05) is 18.2 Å². The van der Waals surface area contributed by atoms with Crippen molar-refractivity contribution in [1.29, 1.82) is 0 Å². The number of ether oxygens (including phenoxy) is 1. The number of nitrogens with zero attached hydrogens (tertiary/aromatic N) is 3. The number of anilines is 2. The van der Waals surface area contributed by atoms with Gasteiger partial charge in [0.15, 0.2) is 0 Å². The molecule has 2 aromatic rings. The minimum atomic E-state index is -4.00. The van der Waals surface area contributed by atoms with Gasteiger partial charge in [-0.05, 0) is 51.5 Å². The van der Waals surface area contributed by atoms with Crippen LogP contribution in [-0.2, 0) is 14.8 Å². The third kappa shape index (κ3) is 6.35. The molecule has 1 amide bonds. The van der Waals surface area contributed by atoms with Gasteiger partial charge in [-0.3, -0.25) is 14.8 Å². The summed E-state index contributed by atoms with van der Waals surface area (Å²) in [5.74, 6) is 0. The quantitative estimate of drug-likeness (QED) is 0.514. The molecule has 0 atom stereocenters. The third-order valence-electron chi connectivity index (χ3n) is 4.97. The maximum absolute atomic E-state index is 12.7. The number of carbonyl (C=O) groups is 1. The number of para-hydroxylation sites is 1. The number of hydrogen-bond acceptors (Lipinski definition) is 7. The summed E-state index contributed by atoms with van der Waals surface area (Å²) in [6.45, 7) is 7.01. The van der Waals surface area contributed by atoms with Crippen molar-refractivity contribution in [3.8, 4) is 0 Å². The molecular formula is C22H28N4O6S. The van der Waals surface area contributed by atoms with Crippen LogP contribution in [0.1, 0.15) is 27.2 Å². The number of sulfonamides is 1. The molecule has 0 radical (unpaired) electrons. The molecule has 1 aliphatic heterocycles. The second-order valence-corrected chi connectivity index (χ2v) is 10.4. The molecule has 0 bridgehead atoms. The van der Waals surface area contributed by atoms with E-state index in [0.717, 1.165) is 6.07 Å². The van der Waals surface area contributed by atoms with Gasteiger partial charge in [0.25, 0.3) is 15.7 Å². The first-order chi connectivity index (χ1) is 15.5. The molecule has 3 rings (SSSR count). The fourth-order valence-electron chi connectivity index (χ4n) is 3.47. The van der Waals surface area contributed by atoms with Crippen molar-refractivity contribution >= 4 is 33.2 Å². The highest BCUT2D eigenvalue weighted by Gasteiger charge is 2.28. The van der Waals surface area contributed by atoms with Crippen molar-refractivity contribution < 1.29 is 22.9 Å². The summed E-state index contributed by atoms with van der Waals surface area (Å²) < 4.78 is 33.3. The molecule has 1 N–H and O–H groups in total. The van der Waals surface area contributed by atoms with E-state index < -0.39 is 26.6 Å². The topological polar surface area (TPSA) is 122 Å². The zero-order chi connectivity index (χ0) is 24.2. The minimum absolute atomic E-state index is 0.202. The Hall–Kier alpha value is -3.34. The van der Waals surface area contributed by atoms with E-state index >= 15 is 0 Å². The van der Waals surface area contributed by atoms with Crippen molar-refractivity contribution in [3.05, 3.63) is 58.6 Å². The first kappa shape index (κ1) is 24.3. The van der Waals surface area contributed by atoms with Crippen LogP contribution >= 0.6 is 0 Å². The fraction of sp³-hybridized carbons (Fsp3) is 0.409. The SMILES string of the molecule is CC(C)(C)OC(=O)N1CCCN(c2ccc(S(=O)(=O)Nc3ccccc3)cc2[N+](=O)[O-])CC1.